The molecular formula is C23H28FN3O2. The van der Waals surface area contributed by atoms with E-state index < -0.39 is 6.10 Å². The van der Waals surface area contributed by atoms with Gasteiger partial charge in [0.1, 0.15) is 17.3 Å². The summed E-state index contributed by atoms with van der Waals surface area (Å²) in [5, 5.41) is 14.6. The molecule has 154 valence electrons. The predicted octanol–water partition coefficient (Wildman–Crippen LogP) is 4.61. The molecule has 6 heteroatoms. The Hall–Kier alpha value is -2.70. The normalized spacial score (nSPS) is 12.3. The van der Waals surface area contributed by atoms with E-state index in [1.165, 1.54) is 12.1 Å². The Kier molecular flexibility index (Phi) is 7.01. The van der Waals surface area contributed by atoms with Gasteiger partial charge in [-0.25, -0.2) is 9.07 Å². The maximum Gasteiger partial charge on any atom is 0.222 e. The summed E-state index contributed by atoms with van der Waals surface area (Å²) >= 11 is 0. The molecule has 0 saturated carbocycles. The quantitative estimate of drug-likeness (QED) is 0.573. The van der Waals surface area contributed by atoms with Gasteiger partial charge in [0.05, 0.1) is 11.7 Å². The topological polar surface area (TPSA) is 50.5 Å². The number of halogens is 1. The summed E-state index contributed by atoms with van der Waals surface area (Å²) in [6.07, 6.45) is 0.543. The van der Waals surface area contributed by atoms with E-state index in [1.807, 2.05) is 37.4 Å². The maximum atomic E-state index is 13.3. The third kappa shape index (κ3) is 5.43. The van der Waals surface area contributed by atoms with Gasteiger partial charge in [-0.1, -0.05) is 37.3 Å². The van der Waals surface area contributed by atoms with Gasteiger partial charge in [-0.2, -0.15) is 5.10 Å². The summed E-state index contributed by atoms with van der Waals surface area (Å²) in [4.78, 5) is 2.20. The molecule has 0 fully saturated rings. The first kappa shape index (κ1) is 21.0. The highest BCUT2D eigenvalue weighted by Gasteiger charge is 2.22. The molecule has 0 aliphatic carbocycles. The van der Waals surface area contributed by atoms with Crippen LogP contribution < -0.4 is 4.74 Å². The van der Waals surface area contributed by atoms with E-state index in [1.54, 1.807) is 23.7 Å². The first-order valence-corrected chi connectivity index (χ1v) is 9.93. The number of aromatic nitrogens is 2. The largest absolute Gasteiger partial charge is 0.439 e. The number of rotatable bonds is 9. The van der Waals surface area contributed by atoms with Gasteiger partial charge in [0.2, 0.25) is 5.88 Å². The van der Waals surface area contributed by atoms with Gasteiger partial charge in [0, 0.05) is 25.7 Å². The van der Waals surface area contributed by atoms with E-state index in [9.17, 15) is 9.50 Å². The Morgan fingerprint density at radius 3 is 2.45 bits per heavy atom. The lowest BCUT2D eigenvalue weighted by Crippen LogP contribution is -2.31. The number of benzene rings is 2. The standard InChI is InChI=1S/C23H28FN3O2/c1-4-14-27(15-17(2)28)16-21-22(18-8-6-5-7-9-18)25-26(3)23(21)29-20-12-10-19(24)11-13-20/h5-13,17,28H,4,14-16H2,1-3H3/t17-/m0/s1. The molecule has 2 aromatic carbocycles. The van der Waals surface area contributed by atoms with Crippen molar-refractivity contribution in [2.75, 3.05) is 13.1 Å². The molecule has 29 heavy (non-hydrogen) atoms. The van der Waals surface area contributed by atoms with Crippen LogP contribution in [0.1, 0.15) is 25.8 Å². The molecule has 0 spiro atoms. The third-order valence-electron chi connectivity index (χ3n) is 4.61. The molecule has 1 aromatic heterocycles. The second-order valence-electron chi connectivity index (χ2n) is 7.26. The number of aliphatic hydroxyl groups excluding tert-OH is 1. The van der Waals surface area contributed by atoms with Crippen LogP contribution in [0.4, 0.5) is 4.39 Å². The van der Waals surface area contributed by atoms with Crippen molar-refractivity contribution in [3.05, 3.63) is 66.0 Å². The van der Waals surface area contributed by atoms with Crippen molar-refractivity contribution in [2.45, 2.75) is 32.9 Å². The first-order chi connectivity index (χ1) is 14.0. The minimum atomic E-state index is -0.431. The predicted molar refractivity (Wildman–Crippen MR) is 112 cm³/mol. The minimum Gasteiger partial charge on any atom is -0.439 e. The average molecular weight is 397 g/mol. The summed E-state index contributed by atoms with van der Waals surface area (Å²) < 4.78 is 21.1. The van der Waals surface area contributed by atoms with Crippen LogP contribution in [0.2, 0.25) is 0 Å². The van der Waals surface area contributed by atoms with Crippen molar-refractivity contribution >= 4 is 0 Å². The molecule has 0 saturated heterocycles. The zero-order chi connectivity index (χ0) is 20.8. The number of aliphatic hydroxyl groups is 1. The molecule has 5 nitrogen and oxygen atoms in total. The van der Waals surface area contributed by atoms with Crippen LogP contribution in [-0.2, 0) is 13.6 Å². The Morgan fingerprint density at radius 1 is 1.14 bits per heavy atom. The van der Waals surface area contributed by atoms with Crippen LogP contribution in [0.25, 0.3) is 11.3 Å². The first-order valence-electron chi connectivity index (χ1n) is 9.93. The number of aryl methyl sites for hydroxylation is 1. The molecule has 0 unspecified atom stereocenters. The number of hydrogen-bond acceptors (Lipinski definition) is 4. The molecular weight excluding hydrogens is 369 g/mol. The number of nitrogens with zero attached hydrogens (tertiary/aromatic N) is 3. The fourth-order valence-corrected chi connectivity index (χ4v) is 3.41. The Bertz CT molecular complexity index is 908. The zero-order valence-electron chi connectivity index (χ0n) is 17.2. The van der Waals surface area contributed by atoms with Crippen molar-refractivity contribution in [3.63, 3.8) is 0 Å². The van der Waals surface area contributed by atoms with Crippen molar-refractivity contribution in [1.82, 2.24) is 14.7 Å². The molecule has 1 N–H and O–H groups in total. The average Bonchev–Trinajstić information content (AvgIpc) is 2.99. The molecule has 0 aliphatic rings. The molecule has 0 bridgehead atoms. The van der Waals surface area contributed by atoms with E-state index in [4.69, 9.17) is 9.84 Å². The van der Waals surface area contributed by atoms with E-state index >= 15 is 0 Å². The van der Waals surface area contributed by atoms with E-state index in [-0.39, 0.29) is 5.82 Å². The fourth-order valence-electron chi connectivity index (χ4n) is 3.41. The molecule has 3 aromatic rings. The highest BCUT2D eigenvalue weighted by molar-refractivity contribution is 5.65. The minimum absolute atomic E-state index is 0.307. The lowest BCUT2D eigenvalue weighted by Gasteiger charge is -2.23. The lowest BCUT2D eigenvalue weighted by atomic mass is 10.1. The molecule has 1 atom stereocenters. The summed E-state index contributed by atoms with van der Waals surface area (Å²) in [6, 6.07) is 15.9. The van der Waals surface area contributed by atoms with Gasteiger partial charge >= 0.3 is 0 Å². The van der Waals surface area contributed by atoms with Crippen LogP contribution in [0.15, 0.2) is 54.6 Å². The number of ether oxygens (including phenoxy) is 1. The van der Waals surface area contributed by atoms with Crippen molar-refractivity contribution in [1.29, 1.82) is 0 Å². The summed E-state index contributed by atoms with van der Waals surface area (Å²) in [5.74, 6) is 0.855. The Balaban J connectivity index is 2.02. The molecule has 3 rings (SSSR count). The smallest absolute Gasteiger partial charge is 0.222 e. The highest BCUT2D eigenvalue weighted by Crippen LogP contribution is 2.34. The van der Waals surface area contributed by atoms with E-state index in [2.05, 4.69) is 11.8 Å². The van der Waals surface area contributed by atoms with Crippen LogP contribution >= 0.6 is 0 Å². The van der Waals surface area contributed by atoms with E-state index in [0.29, 0.717) is 24.7 Å². The third-order valence-corrected chi connectivity index (χ3v) is 4.61. The van der Waals surface area contributed by atoms with Crippen LogP contribution in [0.5, 0.6) is 11.6 Å². The van der Waals surface area contributed by atoms with E-state index in [0.717, 1.165) is 29.8 Å². The second-order valence-corrected chi connectivity index (χ2v) is 7.26. The Morgan fingerprint density at radius 2 is 1.83 bits per heavy atom. The van der Waals surface area contributed by atoms with Gasteiger partial charge in [-0.15, -0.1) is 0 Å². The monoisotopic (exact) mass is 397 g/mol. The highest BCUT2D eigenvalue weighted by atomic mass is 19.1. The SMILES string of the molecule is CCCN(Cc1c(-c2ccccc2)nn(C)c1Oc1ccc(F)cc1)C[C@H](C)O. The van der Waals surface area contributed by atoms with Crippen LogP contribution in [0, 0.1) is 5.82 Å². The van der Waals surface area contributed by atoms with Gasteiger partial charge < -0.3 is 9.84 Å². The lowest BCUT2D eigenvalue weighted by molar-refractivity contribution is 0.122. The van der Waals surface area contributed by atoms with Gasteiger partial charge in [-0.3, -0.25) is 4.90 Å². The van der Waals surface area contributed by atoms with Crippen LogP contribution in [-0.4, -0.2) is 39.0 Å². The molecule has 0 amide bonds. The van der Waals surface area contributed by atoms with Crippen molar-refractivity contribution < 1.29 is 14.2 Å². The molecule has 0 radical (unpaired) electrons. The molecule has 1 heterocycles. The summed E-state index contributed by atoms with van der Waals surface area (Å²) in [7, 11) is 1.84. The summed E-state index contributed by atoms with van der Waals surface area (Å²) in [5.41, 5.74) is 2.79. The number of hydrogen-bond donors (Lipinski definition) is 1. The van der Waals surface area contributed by atoms with Crippen molar-refractivity contribution in [3.8, 4) is 22.9 Å². The summed E-state index contributed by atoms with van der Waals surface area (Å²) in [6.45, 7) is 5.91. The van der Waals surface area contributed by atoms with Gasteiger partial charge in [-0.05, 0) is 44.2 Å². The van der Waals surface area contributed by atoms with Gasteiger partial charge in [0.25, 0.3) is 0 Å². The van der Waals surface area contributed by atoms with Crippen molar-refractivity contribution in [2.24, 2.45) is 7.05 Å². The fraction of sp³-hybridized carbons (Fsp3) is 0.348. The Labute approximate surface area is 171 Å². The van der Waals surface area contributed by atoms with Gasteiger partial charge in [0.15, 0.2) is 0 Å². The zero-order valence-corrected chi connectivity index (χ0v) is 17.2. The van der Waals surface area contributed by atoms with Crippen LogP contribution in [0.3, 0.4) is 0 Å². The molecule has 0 aliphatic heterocycles. The second kappa shape index (κ2) is 9.67. The maximum absolute atomic E-state index is 13.3.